The van der Waals surface area contributed by atoms with Crippen LogP contribution in [0.15, 0.2) is 73.1 Å². The van der Waals surface area contributed by atoms with Gasteiger partial charge in [0.05, 0.1) is 13.2 Å². The SMILES string of the molecule is O=C(c1ccccc1-c1ccc(-n2cccc2)cc1)N1CCOCC1. The molecule has 0 unspecified atom stereocenters. The fourth-order valence-electron chi connectivity index (χ4n) is 3.18. The summed E-state index contributed by atoms with van der Waals surface area (Å²) in [4.78, 5) is 14.8. The summed E-state index contributed by atoms with van der Waals surface area (Å²) in [5.74, 6) is 0.0772. The van der Waals surface area contributed by atoms with Crippen molar-refractivity contribution in [3.05, 3.63) is 78.6 Å². The zero-order valence-electron chi connectivity index (χ0n) is 14.0. The lowest BCUT2D eigenvalue weighted by Crippen LogP contribution is -2.40. The van der Waals surface area contributed by atoms with Gasteiger partial charge in [0.2, 0.25) is 0 Å². The number of aromatic nitrogens is 1. The van der Waals surface area contributed by atoms with Gasteiger partial charge >= 0.3 is 0 Å². The van der Waals surface area contributed by atoms with Crippen LogP contribution in [0.25, 0.3) is 16.8 Å². The lowest BCUT2D eigenvalue weighted by Gasteiger charge is -2.27. The van der Waals surface area contributed by atoms with Crippen molar-refractivity contribution in [2.45, 2.75) is 0 Å². The Morgan fingerprint density at radius 1 is 0.840 bits per heavy atom. The highest BCUT2D eigenvalue weighted by atomic mass is 16.5. The Morgan fingerprint density at radius 2 is 1.52 bits per heavy atom. The van der Waals surface area contributed by atoms with Crippen LogP contribution in [0.5, 0.6) is 0 Å². The maximum atomic E-state index is 12.9. The normalized spacial score (nSPS) is 14.5. The zero-order chi connectivity index (χ0) is 17.1. The van der Waals surface area contributed by atoms with Crippen molar-refractivity contribution in [1.82, 2.24) is 9.47 Å². The summed E-state index contributed by atoms with van der Waals surface area (Å²) in [6.07, 6.45) is 4.04. The molecule has 2 aromatic carbocycles. The molecule has 126 valence electrons. The predicted octanol–water partition coefficient (Wildman–Crippen LogP) is 3.62. The number of carbonyl (C=O) groups is 1. The van der Waals surface area contributed by atoms with Gasteiger partial charge in [-0.15, -0.1) is 0 Å². The van der Waals surface area contributed by atoms with E-state index in [4.69, 9.17) is 4.74 Å². The summed E-state index contributed by atoms with van der Waals surface area (Å²) < 4.78 is 7.42. The lowest BCUT2D eigenvalue weighted by molar-refractivity contribution is 0.0303. The first kappa shape index (κ1) is 15.7. The summed E-state index contributed by atoms with van der Waals surface area (Å²) in [6, 6.07) is 20.1. The van der Waals surface area contributed by atoms with E-state index in [0.29, 0.717) is 26.3 Å². The van der Waals surface area contributed by atoms with E-state index >= 15 is 0 Å². The van der Waals surface area contributed by atoms with Crippen LogP contribution in [-0.4, -0.2) is 41.7 Å². The minimum atomic E-state index is 0.0772. The van der Waals surface area contributed by atoms with Crippen LogP contribution in [0.1, 0.15) is 10.4 Å². The van der Waals surface area contributed by atoms with Crippen LogP contribution in [0.3, 0.4) is 0 Å². The Balaban J connectivity index is 1.65. The van der Waals surface area contributed by atoms with E-state index in [1.165, 1.54) is 0 Å². The Kier molecular flexibility index (Phi) is 4.36. The lowest BCUT2D eigenvalue weighted by atomic mass is 9.98. The van der Waals surface area contributed by atoms with E-state index in [9.17, 15) is 4.79 Å². The molecular weight excluding hydrogens is 312 g/mol. The number of carbonyl (C=O) groups excluding carboxylic acids is 1. The largest absolute Gasteiger partial charge is 0.378 e. The second-order valence-electron chi connectivity index (χ2n) is 6.09. The molecule has 1 amide bonds. The summed E-state index contributed by atoms with van der Waals surface area (Å²) in [7, 11) is 0. The van der Waals surface area contributed by atoms with Crippen molar-refractivity contribution >= 4 is 5.91 Å². The van der Waals surface area contributed by atoms with Crippen molar-refractivity contribution < 1.29 is 9.53 Å². The third-order valence-electron chi connectivity index (χ3n) is 4.54. The van der Waals surface area contributed by atoms with Crippen LogP contribution >= 0.6 is 0 Å². The van der Waals surface area contributed by atoms with E-state index in [0.717, 1.165) is 22.4 Å². The van der Waals surface area contributed by atoms with Gasteiger partial charge in [-0.05, 0) is 41.5 Å². The second kappa shape index (κ2) is 6.95. The van der Waals surface area contributed by atoms with Gasteiger partial charge in [-0.3, -0.25) is 4.79 Å². The van der Waals surface area contributed by atoms with E-state index < -0.39 is 0 Å². The van der Waals surface area contributed by atoms with Crippen LogP contribution < -0.4 is 0 Å². The van der Waals surface area contributed by atoms with Crippen molar-refractivity contribution in [3.8, 4) is 16.8 Å². The molecule has 4 heteroatoms. The van der Waals surface area contributed by atoms with E-state index in [-0.39, 0.29) is 5.91 Å². The standard InChI is InChI=1S/C21H20N2O2/c24-21(23-13-15-25-16-14-23)20-6-2-1-5-19(20)17-7-9-18(10-8-17)22-11-3-4-12-22/h1-12H,13-16H2. The molecule has 2 heterocycles. The van der Waals surface area contributed by atoms with E-state index in [2.05, 4.69) is 28.8 Å². The minimum absolute atomic E-state index is 0.0772. The van der Waals surface area contributed by atoms with Gasteiger partial charge in [0.15, 0.2) is 0 Å². The van der Waals surface area contributed by atoms with Crippen molar-refractivity contribution in [2.24, 2.45) is 0 Å². The van der Waals surface area contributed by atoms with Crippen molar-refractivity contribution in [1.29, 1.82) is 0 Å². The molecule has 0 spiro atoms. The van der Waals surface area contributed by atoms with Gasteiger partial charge < -0.3 is 14.2 Å². The zero-order valence-corrected chi connectivity index (χ0v) is 14.0. The smallest absolute Gasteiger partial charge is 0.254 e. The molecule has 0 N–H and O–H groups in total. The number of nitrogens with zero attached hydrogens (tertiary/aromatic N) is 2. The van der Waals surface area contributed by atoms with Gasteiger partial charge in [0.1, 0.15) is 0 Å². The summed E-state index contributed by atoms with van der Waals surface area (Å²) in [5.41, 5.74) is 3.87. The highest BCUT2D eigenvalue weighted by Gasteiger charge is 2.21. The maximum Gasteiger partial charge on any atom is 0.254 e. The predicted molar refractivity (Wildman–Crippen MR) is 97.9 cm³/mol. The molecule has 0 saturated carbocycles. The summed E-state index contributed by atoms with van der Waals surface area (Å²) >= 11 is 0. The molecule has 1 fully saturated rings. The summed E-state index contributed by atoms with van der Waals surface area (Å²) in [6.45, 7) is 2.53. The third kappa shape index (κ3) is 3.21. The van der Waals surface area contributed by atoms with Gasteiger partial charge in [-0.2, -0.15) is 0 Å². The maximum absolute atomic E-state index is 12.9. The Labute approximate surface area is 147 Å². The Morgan fingerprint density at radius 3 is 2.24 bits per heavy atom. The molecule has 0 bridgehead atoms. The van der Waals surface area contributed by atoms with Gasteiger partial charge in [0.25, 0.3) is 5.91 Å². The molecule has 1 aliphatic heterocycles. The first-order valence-corrected chi connectivity index (χ1v) is 8.53. The van der Waals surface area contributed by atoms with E-state index in [1.54, 1.807) is 0 Å². The van der Waals surface area contributed by atoms with Gasteiger partial charge in [0, 0.05) is 36.7 Å². The number of morpholine rings is 1. The molecular formula is C21H20N2O2. The monoisotopic (exact) mass is 332 g/mol. The third-order valence-corrected chi connectivity index (χ3v) is 4.54. The number of ether oxygens (including phenoxy) is 1. The Hall–Kier alpha value is -2.85. The molecule has 0 atom stereocenters. The van der Waals surface area contributed by atoms with Crippen molar-refractivity contribution in [3.63, 3.8) is 0 Å². The van der Waals surface area contributed by atoms with Crippen molar-refractivity contribution in [2.75, 3.05) is 26.3 Å². The number of rotatable bonds is 3. The van der Waals surface area contributed by atoms with Gasteiger partial charge in [-0.1, -0.05) is 30.3 Å². The van der Waals surface area contributed by atoms with Crippen LogP contribution in [-0.2, 0) is 4.74 Å². The first-order valence-electron chi connectivity index (χ1n) is 8.53. The average Bonchev–Trinajstić information content (AvgIpc) is 3.23. The molecule has 1 aliphatic rings. The average molecular weight is 332 g/mol. The van der Waals surface area contributed by atoms with Crippen LogP contribution in [0, 0.1) is 0 Å². The number of benzene rings is 2. The molecule has 25 heavy (non-hydrogen) atoms. The van der Waals surface area contributed by atoms with Crippen LogP contribution in [0.2, 0.25) is 0 Å². The molecule has 1 aromatic heterocycles. The van der Waals surface area contributed by atoms with Gasteiger partial charge in [-0.25, -0.2) is 0 Å². The summed E-state index contributed by atoms with van der Waals surface area (Å²) in [5, 5.41) is 0. The number of amides is 1. The number of hydrogen-bond acceptors (Lipinski definition) is 2. The topological polar surface area (TPSA) is 34.5 Å². The molecule has 0 aliphatic carbocycles. The quantitative estimate of drug-likeness (QED) is 0.734. The fraction of sp³-hybridized carbons (Fsp3) is 0.190. The minimum Gasteiger partial charge on any atom is -0.378 e. The Bertz CT molecular complexity index is 848. The molecule has 3 aromatic rings. The molecule has 4 rings (SSSR count). The molecule has 4 nitrogen and oxygen atoms in total. The highest BCUT2D eigenvalue weighted by Crippen LogP contribution is 2.26. The molecule has 0 radical (unpaired) electrons. The fourth-order valence-corrected chi connectivity index (χ4v) is 3.18. The second-order valence-corrected chi connectivity index (χ2v) is 6.09. The molecule has 1 saturated heterocycles. The van der Waals surface area contributed by atoms with Crippen LogP contribution in [0.4, 0.5) is 0 Å². The first-order chi connectivity index (χ1) is 12.3. The van der Waals surface area contributed by atoms with E-state index in [1.807, 2.05) is 53.7 Å². The number of hydrogen-bond donors (Lipinski definition) is 0. The highest BCUT2D eigenvalue weighted by molar-refractivity contribution is 6.01.